The monoisotopic (exact) mass is 285 g/mol. The van der Waals surface area contributed by atoms with Crippen LogP contribution in [-0.4, -0.2) is 24.4 Å². The first kappa shape index (κ1) is 13.2. The van der Waals surface area contributed by atoms with E-state index in [1.54, 1.807) is 0 Å². The Labute approximate surface area is 123 Å². The van der Waals surface area contributed by atoms with E-state index in [-0.39, 0.29) is 6.04 Å². The second kappa shape index (κ2) is 5.65. The van der Waals surface area contributed by atoms with Crippen LogP contribution in [0.4, 0.5) is 0 Å². The average Bonchev–Trinajstić information content (AvgIpc) is 2.48. The third-order valence-electron chi connectivity index (χ3n) is 3.33. The highest BCUT2D eigenvalue weighted by Gasteiger charge is 2.20. The van der Waals surface area contributed by atoms with Crippen molar-refractivity contribution in [3.8, 4) is 0 Å². The molecular formula is C16H16ClN3. The van der Waals surface area contributed by atoms with Gasteiger partial charge >= 0.3 is 0 Å². The van der Waals surface area contributed by atoms with Crippen molar-refractivity contribution in [2.75, 3.05) is 13.6 Å². The van der Waals surface area contributed by atoms with E-state index in [4.69, 9.17) is 16.6 Å². The molecule has 0 aliphatic carbocycles. The van der Waals surface area contributed by atoms with E-state index in [0.29, 0.717) is 0 Å². The molecule has 0 radical (unpaired) electrons. The van der Waals surface area contributed by atoms with Crippen LogP contribution in [0.2, 0.25) is 5.02 Å². The molecule has 1 aliphatic heterocycles. The van der Waals surface area contributed by atoms with Crippen molar-refractivity contribution in [1.82, 2.24) is 10.4 Å². The zero-order valence-corrected chi connectivity index (χ0v) is 12.0. The van der Waals surface area contributed by atoms with Gasteiger partial charge in [0.2, 0.25) is 0 Å². The van der Waals surface area contributed by atoms with Crippen LogP contribution in [0, 0.1) is 0 Å². The van der Waals surface area contributed by atoms with Gasteiger partial charge in [0.15, 0.2) is 0 Å². The van der Waals surface area contributed by atoms with Gasteiger partial charge in [-0.25, -0.2) is 5.01 Å². The molecule has 0 saturated carbocycles. The van der Waals surface area contributed by atoms with Gasteiger partial charge in [-0.2, -0.15) is 0 Å². The highest BCUT2D eigenvalue weighted by molar-refractivity contribution is 6.30. The number of rotatable bonds is 2. The van der Waals surface area contributed by atoms with E-state index in [9.17, 15) is 0 Å². The van der Waals surface area contributed by atoms with Gasteiger partial charge < -0.3 is 5.43 Å². The Morgan fingerprint density at radius 2 is 1.80 bits per heavy atom. The summed E-state index contributed by atoms with van der Waals surface area (Å²) in [6, 6.07) is 18.2. The molecule has 2 aromatic carbocycles. The fourth-order valence-corrected chi connectivity index (χ4v) is 2.44. The summed E-state index contributed by atoms with van der Waals surface area (Å²) >= 11 is 5.93. The number of benzene rings is 2. The molecule has 0 aromatic heterocycles. The summed E-state index contributed by atoms with van der Waals surface area (Å²) in [6.45, 7) is 0.848. The minimum absolute atomic E-state index is 0.146. The number of hydrazine groups is 1. The third-order valence-corrected chi connectivity index (χ3v) is 3.58. The summed E-state index contributed by atoms with van der Waals surface area (Å²) in [6.07, 6.45) is 0. The summed E-state index contributed by atoms with van der Waals surface area (Å²) in [5.41, 5.74) is 5.56. The Bertz CT molecular complexity index is 607. The lowest BCUT2D eigenvalue weighted by Gasteiger charge is -2.30. The largest absolute Gasteiger partial charge is 0.303 e. The minimum atomic E-state index is 0.146. The molecule has 0 amide bonds. The van der Waals surface area contributed by atoms with E-state index < -0.39 is 0 Å². The quantitative estimate of drug-likeness (QED) is 0.917. The summed E-state index contributed by atoms with van der Waals surface area (Å²) in [4.78, 5) is 4.82. The fourth-order valence-electron chi connectivity index (χ4n) is 2.31. The molecule has 1 N–H and O–H groups in total. The molecule has 102 valence electrons. The normalized spacial score (nSPS) is 19.3. The number of hydrogen-bond acceptors (Lipinski definition) is 3. The summed E-state index contributed by atoms with van der Waals surface area (Å²) in [5, 5.41) is 2.80. The van der Waals surface area contributed by atoms with Gasteiger partial charge in [-0.05, 0) is 29.8 Å². The van der Waals surface area contributed by atoms with Gasteiger partial charge in [0.1, 0.15) is 5.84 Å². The van der Waals surface area contributed by atoms with Gasteiger partial charge in [-0.15, -0.1) is 0 Å². The second-order valence-electron chi connectivity index (χ2n) is 4.90. The maximum atomic E-state index is 5.93. The number of aliphatic imine (C=N–C) groups is 1. The maximum absolute atomic E-state index is 5.93. The number of hydrogen-bond donors (Lipinski definition) is 1. The summed E-state index contributed by atoms with van der Waals surface area (Å²) in [7, 11) is 2.03. The van der Waals surface area contributed by atoms with E-state index in [0.717, 1.165) is 23.0 Å². The van der Waals surface area contributed by atoms with Crippen LogP contribution in [0.5, 0.6) is 0 Å². The molecule has 0 fully saturated rings. The lowest BCUT2D eigenvalue weighted by atomic mass is 10.1. The highest BCUT2D eigenvalue weighted by Crippen LogP contribution is 2.22. The molecule has 3 nitrogen and oxygen atoms in total. The van der Waals surface area contributed by atoms with Crippen molar-refractivity contribution in [2.45, 2.75) is 6.04 Å². The predicted octanol–water partition coefficient (Wildman–Crippen LogP) is 3.28. The molecular weight excluding hydrogens is 270 g/mol. The number of nitrogens with one attached hydrogen (secondary N) is 1. The van der Waals surface area contributed by atoms with Crippen molar-refractivity contribution in [2.24, 2.45) is 4.99 Å². The van der Waals surface area contributed by atoms with Crippen molar-refractivity contribution >= 4 is 17.4 Å². The van der Waals surface area contributed by atoms with Crippen LogP contribution in [0.15, 0.2) is 59.6 Å². The Morgan fingerprint density at radius 3 is 2.50 bits per heavy atom. The Hall–Kier alpha value is -1.84. The molecule has 4 heteroatoms. The Morgan fingerprint density at radius 1 is 1.10 bits per heavy atom. The third kappa shape index (κ3) is 2.84. The van der Waals surface area contributed by atoms with Gasteiger partial charge in [0.05, 0.1) is 6.04 Å². The van der Waals surface area contributed by atoms with Crippen molar-refractivity contribution in [3.63, 3.8) is 0 Å². The molecule has 0 spiro atoms. The summed E-state index contributed by atoms with van der Waals surface area (Å²) in [5.74, 6) is 0.879. The number of nitrogens with zero attached hydrogens (tertiary/aromatic N) is 2. The van der Waals surface area contributed by atoms with E-state index in [1.807, 2.05) is 37.4 Å². The lowest BCUT2D eigenvalue weighted by molar-refractivity contribution is 0.257. The lowest BCUT2D eigenvalue weighted by Crippen LogP contribution is -2.45. The predicted molar refractivity (Wildman–Crippen MR) is 82.9 cm³/mol. The average molecular weight is 286 g/mol. The molecule has 0 unspecified atom stereocenters. The molecule has 0 bridgehead atoms. The molecule has 1 heterocycles. The maximum Gasteiger partial charge on any atom is 0.143 e. The Kier molecular flexibility index (Phi) is 3.72. The minimum Gasteiger partial charge on any atom is -0.303 e. The van der Waals surface area contributed by atoms with Crippen LogP contribution in [0.1, 0.15) is 17.2 Å². The molecule has 0 saturated heterocycles. The van der Waals surface area contributed by atoms with Gasteiger partial charge in [-0.1, -0.05) is 41.9 Å². The topological polar surface area (TPSA) is 27.6 Å². The molecule has 1 aliphatic rings. The molecule has 1 atom stereocenters. The number of halogens is 1. The van der Waals surface area contributed by atoms with E-state index in [2.05, 4.69) is 34.7 Å². The van der Waals surface area contributed by atoms with Crippen molar-refractivity contribution < 1.29 is 0 Å². The first-order valence-corrected chi connectivity index (χ1v) is 6.96. The zero-order valence-electron chi connectivity index (χ0n) is 11.3. The van der Waals surface area contributed by atoms with Crippen LogP contribution in [0.25, 0.3) is 0 Å². The molecule has 20 heavy (non-hydrogen) atoms. The number of likely N-dealkylation sites (N-methyl/N-ethyl adjacent to an activating group) is 1. The zero-order chi connectivity index (χ0) is 13.9. The first-order chi connectivity index (χ1) is 9.72. The first-order valence-electron chi connectivity index (χ1n) is 6.59. The van der Waals surface area contributed by atoms with Crippen molar-refractivity contribution in [1.29, 1.82) is 0 Å². The van der Waals surface area contributed by atoms with Crippen LogP contribution >= 0.6 is 11.6 Å². The van der Waals surface area contributed by atoms with Crippen molar-refractivity contribution in [3.05, 3.63) is 70.7 Å². The van der Waals surface area contributed by atoms with E-state index >= 15 is 0 Å². The van der Waals surface area contributed by atoms with Crippen LogP contribution < -0.4 is 5.43 Å². The SMILES string of the molecule is CN1C[C@@H](c2ccccc2)N=C(c2ccc(Cl)cc2)N1. The van der Waals surface area contributed by atoms with E-state index in [1.165, 1.54) is 5.56 Å². The second-order valence-corrected chi connectivity index (χ2v) is 5.34. The fraction of sp³-hybridized carbons (Fsp3) is 0.188. The molecule has 3 rings (SSSR count). The van der Waals surface area contributed by atoms with Crippen LogP contribution in [0.3, 0.4) is 0 Å². The number of amidine groups is 1. The standard InChI is InChI=1S/C16H16ClN3/c1-20-11-15(12-5-3-2-4-6-12)18-16(19-20)13-7-9-14(17)10-8-13/h2-10,15H,11H2,1H3,(H,18,19)/t15-/m0/s1. The molecule has 2 aromatic rings. The van der Waals surface area contributed by atoms with Crippen LogP contribution in [-0.2, 0) is 0 Å². The van der Waals surface area contributed by atoms with Gasteiger partial charge in [0, 0.05) is 24.2 Å². The summed E-state index contributed by atoms with van der Waals surface area (Å²) < 4.78 is 0. The van der Waals surface area contributed by atoms with Gasteiger partial charge in [0.25, 0.3) is 0 Å². The van der Waals surface area contributed by atoms with Gasteiger partial charge in [-0.3, -0.25) is 4.99 Å². The Balaban J connectivity index is 1.94. The highest BCUT2D eigenvalue weighted by atomic mass is 35.5. The smallest absolute Gasteiger partial charge is 0.143 e.